The van der Waals surface area contributed by atoms with Crippen LogP contribution in [0.5, 0.6) is 11.5 Å². The second-order valence-corrected chi connectivity index (χ2v) is 5.91. The van der Waals surface area contributed by atoms with Crippen molar-refractivity contribution in [3.8, 4) is 11.5 Å². The molecule has 0 aromatic heterocycles. The van der Waals surface area contributed by atoms with Crippen molar-refractivity contribution in [2.75, 3.05) is 6.61 Å². The van der Waals surface area contributed by atoms with Gasteiger partial charge in [-0.05, 0) is 36.4 Å². The van der Waals surface area contributed by atoms with Crippen molar-refractivity contribution < 1.29 is 19.4 Å². The van der Waals surface area contributed by atoms with Crippen LogP contribution >= 0.6 is 27.5 Å². The van der Waals surface area contributed by atoms with Crippen molar-refractivity contribution in [3.05, 3.63) is 57.5 Å². The Morgan fingerprint density at radius 1 is 1.24 bits per heavy atom. The van der Waals surface area contributed by atoms with Crippen LogP contribution in [0.25, 0.3) is 0 Å². The molecule has 1 atom stereocenters. The first-order valence-corrected chi connectivity index (χ1v) is 7.29. The number of carboxylic acids is 1. The van der Waals surface area contributed by atoms with E-state index in [-0.39, 0.29) is 6.61 Å². The van der Waals surface area contributed by atoms with E-state index in [2.05, 4.69) is 15.9 Å². The Hall–Kier alpha value is -1.56. The highest BCUT2D eigenvalue weighted by Gasteiger charge is 2.55. The summed E-state index contributed by atoms with van der Waals surface area (Å²) in [5, 5.41) is 9.86. The molecule has 2 aromatic rings. The Balaban J connectivity index is 1.85. The van der Waals surface area contributed by atoms with Crippen LogP contribution in [0.15, 0.2) is 46.9 Å². The van der Waals surface area contributed by atoms with Crippen LogP contribution < -0.4 is 4.74 Å². The third-order valence-electron chi connectivity index (χ3n) is 3.20. The highest BCUT2D eigenvalue weighted by Crippen LogP contribution is 2.43. The van der Waals surface area contributed by atoms with Crippen LogP contribution in [-0.4, -0.2) is 17.7 Å². The van der Waals surface area contributed by atoms with E-state index in [1.165, 1.54) is 0 Å². The van der Waals surface area contributed by atoms with Crippen molar-refractivity contribution >= 4 is 33.5 Å². The average Bonchev–Trinajstić information content (AvgIpc) is 3.23. The molecule has 108 valence electrons. The van der Waals surface area contributed by atoms with Gasteiger partial charge >= 0.3 is 5.97 Å². The first kappa shape index (κ1) is 14.4. The van der Waals surface area contributed by atoms with Gasteiger partial charge in [0, 0.05) is 15.1 Å². The molecule has 1 N–H and O–H groups in total. The van der Waals surface area contributed by atoms with Gasteiger partial charge in [-0.15, -0.1) is 0 Å². The smallest absolute Gasteiger partial charge is 0.343 e. The van der Waals surface area contributed by atoms with Crippen LogP contribution in [0.4, 0.5) is 0 Å². The lowest BCUT2D eigenvalue weighted by Gasteiger charge is -2.12. The molecule has 1 heterocycles. The lowest BCUT2D eigenvalue weighted by Crippen LogP contribution is -2.21. The molecule has 0 amide bonds. The highest BCUT2D eigenvalue weighted by atomic mass is 79.9. The monoisotopic (exact) mass is 368 g/mol. The minimum absolute atomic E-state index is 0.179. The van der Waals surface area contributed by atoms with E-state index in [4.69, 9.17) is 21.1 Å². The number of hydrogen-bond acceptors (Lipinski definition) is 3. The molecule has 0 spiro atoms. The Bertz CT molecular complexity index is 695. The summed E-state index contributed by atoms with van der Waals surface area (Å²) in [5.41, 5.74) is -0.643. The van der Waals surface area contributed by atoms with Crippen LogP contribution in [-0.2, 0) is 15.1 Å². The normalized spacial score (nSPS) is 20.1. The van der Waals surface area contributed by atoms with Crippen LogP contribution in [0.2, 0.25) is 5.02 Å². The van der Waals surface area contributed by atoms with E-state index in [0.29, 0.717) is 26.6 Å². The molecule has 6 heteroatoms. The fourth-order valence-corrected chi connectivity index (χ4v) is 2.80. The number of carbonyl (C=O) groups is 1. The van der Waals surface area contributed by atoms with Gasteiger partial charge in [-0.2, -0.15) is 0 Å². The molecule has 2 aromatic carbocycles. The number of rotatable bonds is 4. The van der Waals surface area contributed by atoms with Gasteiger partial charge in [0.05, 0.1) is 6.61 Å². The lowest BCUT2D eigenvalue weighted by atomic mass is 10.0. The number of carboxylic acid groups (broad SMARTS) is 1. The van der Waals surface area contributed by atoms with Gasteiger partial charge in [-0.3, -0.25) is 0 Å². The number of hydrogen-bond donors (Lipinski definition) is 1. The second-order valence-electron chi connectivity index (χ2n) is 4.62. The molecular weight excluding hydrogens is 360 g/mol. The molecule has 1 aliphatic rings. The fraction of sp³-hybridized carbons (Fsp3) is 0.133. The summed E-state index contributed by atoms with van der Waals surface area (Å²) in [5.74, 6) is 0.248. The van der Waals surface area contributed by atoms with Crippen molar-refractivity contribution in [1.82, 2.24) is 0 Å². The zero-order valence-corrected chi connectivity index (χ0v) is 13.0. The van der Waals surface area contributed by atoms with Crippen LogP contribution in [0.1, 0.15) is 5.56 Å². The maximum atomic E-state index is 11.3. The summed E-state index contributed by atoms with van der Waals surface area (Å²) in [6.45, 7) is 0.179. The Morgan fingerprint density at radius 2 is 1.86 bits per heavy atom. The van der Waals surface area contributed by atoms with Crippen molar-refractivity contribution in [3.63, 3.8) is 0 Å². The maximum Gasteiger partial charge on any atom is 0.343 e. The first-order chi connectivity index (χ1) is 10.0. The molecule has 21 heavy (non-hydrogen) atoms. The van der Waals surface area contributed by atoms with Gasteiger partial charge in [0.1, 0.15) is 11.5 Å². The van der Waals surface area contributed by atoms with E-state index in [1.54, 1.807) is 42.5 Å². The van der Waals surface area contributed by atoms with Gasteiger partial charge in [0.15, 0.2) is 0 Å². The number of benzene rings is 2. The molecule has 1 unspecified atom stereocenters. The second kappa shape index (κ2) is 5.33. The van der Waals surface area contributed by atoms with Crippen molar-refractivity contribution in [1.29, 1.82) is 0 Å². The van der Waals surface area contributed by atoms with Gasteiger partial charge in [0.25, 0.3) is 0 Å². The molecular formula is C15H10BrClO4. The largest absolute Gasteiger partial charge is 0.479 e. The Morgan fingerprint density at radius 3 is 2.38 bits per heavy atom. The third kappa shape index (κ3) is 2.77. The molecule has 0 saturated carbocycles. The predicted molar refractivity (Wildman–Crippen MR) is 80.9 cm³/mol. The molecule has 0 radical (unpaired) electrons. The van der Waals surface area contributed by atoms with E-state index in [1.807, 2.05) is 0 Å². The average molecular weight is 370 g/mol. The maximum absolute atomic E-state index is 11.3. The highest BCUT2D eigenvalue weighted by molar-refractivity contribution is 9.10. The molecule has 3 rings (SSSR count). The van der Waals surface area contributed by atoms with Gasteiger partial charge in [-0.1, -0.05) is 33.6 Å². The Kier molecular flexibility index (Phi) is 3.65. The molecule has 0 aliphatic carbocycles. The summed E-state index contributed by atoms with van der Waals surface area (Å²) in [7, 11) is 0. The first-order valence-electron chi connectivity index (χ1n) is 6.12. The predicted octanol–water partition coefficient (Wildman–Crippen LogP) is 4.20. The lowest BCUT2D eigenvalue weighted by molar-refractivity contribution is -0.143. The summed E-state index contributed by atoms with van der Waals surface area (Å²) in [6.07, 6.45) is 0. The van der Waals surface area contributed by atoms with Crippen molar-refractivity contribution in [2.24, 2.45) is 0 Å². The SMILES string of the molecule is O=C(O)C1(c2ccc(Oc3ccc(Cl)cc3)cc2Br)CO1. The summed E-state index contributed by atoms with van der Waals surface area (Å²) in [6, 6.07) is 12.1. The van der Waals surface area contributed by atoms with E-state index in [9.17, 15) is 9.90 Å². The summed E-state index contributed by atoms with van der Waals surface area (Å²) >= 11 is 9.19. The molecule has 0 bridgehead atoms. The van der Waals surface area contributed by atoms with E-state index in [0.717, 1.165) is 0 Å². The molecule has 1 saturated heterocycles. The fourth-order valence-electron chi connectivity index (χ4n) is 1.99. The van der Waals surface area contributed by atoms with Gasteiger partial charge in [-0.25, -0.2) is 4.79 Å². The molecule has 4 nitrogen and oxygen atoms in total. The minimum Gasteiger partial charge on any atom is -0.479 e. The number of halogens is 2. The zero-order valence-electron chi connectivity index (χ0n) is 10.7. The Labute approximate surface area is 134 Å². The third-order valence-corrected chi connectivity index (χ3v) is 4.11. The topological polar surface area (TPSA) is 59.1 Å². The molecule has 1 fully saturated rings. The van der Waals surface area contributed by atoms with Crippen LogP contribution in [0.3, 0.4) is 0 Å². The van der Waals surface area contributed by atoms with Gasteiger partial charge in [0.2, 0.25) is 5.60 Å². The number of ether oxygens (including phenoxy) is 2. The quantitative estimate of drug-likeness (QED) is 0.820. The summed E-state index contributed by atoms with van der Waals surface area (Å²) < 4.78 is 11.4. The standard InChI is InChI=1S/C15H10BrClO4/c16-13-7-11(21-10-3-1-9(17)2-4-10)5-6-12(13)15(8-20-15)14(18)19/h1-7H,8H2,(H,18,19). The molecule has 1 aliphatic heterocycles. The van der Waals surface area contributed by atoms with Crippen molar-refractivity contribution in [2.45, 2.75) is 5.60 Å². The zero-order chi connectivity index (χ0) is 15.0. The summed E-state index contributed by atoms with van der Waals surface area (Å²) in [4.78, 5) is 11.3. The van der Waals surface area contributed by atoms with Crippen LogP contribution in [0, 0.1) is 0 Å². The number of epoxide rings is 1. The van der Waals surface area contributed by atoms with E-state index < -0.39 is 11.6 Å². The van der Waals surface area contributed by atoms with E-state index >= 15 is 0 Å². The number of aliphatic carboxylic acids is 1. The minimum atomic E-state index is -1.22. The van der Waals surface area contributed by atoms with Gasteiger partial charge < -0.3 is 14.6 Å².